The van der Waals surface area contributed by atoms with E-state index in [1.165, 1.54) is 17.1 Å². The first-order valence-electron chi connectivity index (χ1n) is 6.02. The molecule has 1 N–H and O–H groups in total. The molecule has 0 saturated carbocycles. The van der Waals surface area contributed by atoms with Crippen LogP contribution in [-0.4, -0.2) is 31.0 Å². The third-order valence-corrected chi connectivity index (χ3v) is 2.71. The van der Waals surface area contributed by atoms with Gasteiger partial charge in [-0.15, -0.1) is 5.10 Å². The van der Waals surface area contributed by atoms with E-state index in [0.717, 1.165) is 6.07 Å². The van der Waals surface area contributed by atoms with Crippen molar-refractivity contribution in [2.45, 2.75) is 0 Å². The van der Waals surface area contributed by atoms with E-state index in [1.54, 1.807) is 24.3 Å². The first kappa shape index (κ1) is 13.4. The monoisotopic (exact) mass is 300 g/mol. The summed E-state index contributed by atoms with van der Waals surface area (Å²) in [6, 6.07) is 9.11. The fourth-order valence-electron chi connectivity index (χ4n) is 1.75. The number of hydrogen-bond acceptors (Lipinski definition) is 7. The number of furan rings is 1. The second-order valence-electron chi connectivity index (χ2n) is 4.15. The molecule has 3 aromatic rings. The smallest absolute Gasteiger partial charge is 0.395 e. The average molecular weight is 300 g/mol. The first-order chi connectivity index (χ1) is 10.6. The molecule has 0 fully saturated rings. The fraction of sp³-hybridized carbons (Fsp3) is 0. The third-order valence-electron chi connectivity index (χ3n) is 2.71. The topological polar surface area (TPSA) is 129 Å². The molecule has 10 heteroatoms. The molecule has 0 saturated heterocycles. The summed E-state index contributed by atoms with van der Waals surface area (Å²) in [6.07, 6.45) is 1.41. The molecule has 22 heavy (non-hydrogen) atoms. The van der Waals surface area contributed by atoms with Crippen LogP contribution in [0.2, 0.25) is 0 Å². The van der Waals surface area contributed by atoms with Crippen molar-refractivity contribution >= 4 is 17.5 Å². The molecule has 0 bridgehead atoms. The number of hydrogen-bond donors (Lipinski definition) is 1. The van der Waals surface area contributed by atoms with Gasteiger partial charge in [0.2, 0.25) is 0 Å². The van der Waals surface area contributed by atoms with Crippen LogP contribution < -0.4 is 5.32 Å². The largest absolute Gasteiger partial charge is 0.433 e. The van der Waals surface area contributed by atoms with Gasteiger partial charge >= 0.3 is 5.88 Å². The van der Waals surface area contributed by atoms with Gasteiger partial charge in [-0.2, -0.15) is 0 Å². The molecule has 0 aliphatic heterocycles. The van der Waals surface area contributed by atoms with Crippen LogP contribution in [0.25, 0.3) is 5.69 Å². The number of tetrazole rings is 1. The van der Waals surface area contributed by atoms with E-state index < -0.39 is 16.7 Å². The molecule has 0 radical (unpaired) electrons. The second-order valence-corrected chi connectivity index (χ2v) is 4.15. The summed E-state index contributed by atoms with van der Waals surface area (Å²) in [7, 11) is 0. The van der Waals surface area contributed by atoms with Crippen molar-refractivity contribution in [1.29, 1.82) is 0 Å². The van der Waals surface area contributed by atoms with Crippen molar-refractivity contribution in [2.24, 2.45) is 0 Å². The van der Waals surface area contributed by atoms with Crippen LogP contribution in [-0.2, 0) is 0 Å². The van der Waals surface area contributed by atoms with E-state index in [9.17, 15) is 14.9 Å². The van der Waals surface area contributed by atoms with E-state index in [0.29, 0.717) is 11.4 Å². The molecule has 2 heterocycles. The van der Waals surface area contributed by atoms with Crippen LogP contribution in [0.15, 0.2) is 47.1 Å². The van der Waals surface area contributed by atoms with Crippen molar-refractivity contribution in [1.82, 2.24) is 20.2 Å². The van der Waals surface area contributed by atoms with Crippen LogP contribution in [0.3, 0.4) is 0 Å². The van der Waals surface area contributed by atoms with Gasteiger partial charge in [-0.25, -0.2) is 4.68 Å². The summed E-state index contributed by atoms with van der Waals surface area (Å²) in [5.74, 6) is -1.24. The standard InChI is InChI=1S/C12H8N6O4/c19-12(10-4-5-11(22-10)18(20)21)14-8-2-1-3-9(6-8)17-7-13-15-16-17/h1-7H,(H,14,19). The summed E-state index contributed by atoms with van der Waals surface area (Å²) in [6.45, 7) is 0. The molecule has 1 aromatic carbocycles. The molecule has 0 aliphatic rings. The number of rotatable bonds is 4. The van der Waals surface area contributed by atoms with Gasteiger partial charge in [0, 0.05) is 5.69 Å². The number of benzene rings is 1. The van der Waals surface area contributed by atoms with Crippen LogP contribution in [0.5, 0.6) is 0 Å². The SMILES string of the molecule is O=C(Nc1cccc(-n2cnnn2)c1)c1ccc([N+](=O)[O-])o1. The van der Waals surface area contributed by atoms with Crippen LogP contribution in [0.4, 0.5) is 11.6 Å². The number of amides is 1. The zero-order valence-electron chi connectivity index (χ0n) is 10.9. The number of nitro groups is 1. The maximum atomic E-state index is 12.0. The highest BCUT2D eigenvalue weighted by Crippen LogP contribution is 2.18. The Kier molecular flexibility index (Phi) is 3.32. The lowest BCUT2D eigenvalue weighted by Gasteiger charge is -2.05. The lowest BCUT2D eigenvalue weighted by Crippen LogP contribution is -2.11. The third kappa shape index (κ3) is 2.65. The first-order valence-corrected chi connectivity index (χ1v) is 6.02. The molecular formula is C12H8N6O4. The van der Waals surface area contributed by atoms with Gasteiger partial charge in [-0.3, -0.25) is 14.9 Å². The van der Waals surface area contributed by atoms with E-state index in [-0.39, 0.29) is 5.76 Å². The summed E-state index contributed by atoms with van der Waals surface area (Å²) in [5, 5.41) is 23.9. The minimum Gasteiger partial charge on any atom is -0.395 e. The van der Waals surface area contributed by atoms with Gasteiger partial charge < -0.3 is 9.73 Å². The summed E-state index contributed by atoms with van der Waals surface area (Å²) in [5.41, 5.74) is 1.12. The van der Waals surface area contributed by atoms with Gasteiger partial charge in [0.25, 0.3) is 5.91 Å². The summed E-state index contributed by atoms with van der Waals surface area (Å²) in [4.78, 5) is 21.8. The van der Waals surface area contributed by atoms with Crippen LogP contribution in [0, 0.1) is 10.1 Å². The van der Waals surface area contributed by atoms with Gasteiger partial charge in [0.05, 0.1) is 11.8 Å². The van der Waals surface area contributed by atoms with Crippen molar-refractivity contribution < 1.29 is 14.1 Å². The fourth-order valence-corrected chi connectivity index (χ4v) is 1.75. The normalized spacial score (nSPS) is 10.4. The summed E-state index contributed by atoms with van der Waals surface area (Å²) < 4.78 is 6.26. The molecule has 3 rings (SSSR count). The predicted octanol–water partition coefficient (Wildman–Crippen LogP) is 1.42. The Labute approximate surface area is 122 Å². The Morgan fingerprint density at radius 3 is 2.86 bits per heavy atom. The zero-order valence-corrected chi connectivity index (χ0v) is 10.9. The molecule has 0 atom stereocenters. The Morgan fingerprint density at radius 1 is 1.32 bits per heavy atom. The van der Waals surface area contributed by atoms with E-state index in [2.05, 4.69) is 20.8 Å². The van der Waals surface area contributed by atoms with Gasteiger partial charge in [0.1, 0.15) is 11.3 Å². The molecule has 1 amide bonds. The number of aromatic nitrogens is 4. The Morgan fingerprint density at radius 2 is 2.18 bits per heavy atom. The minimum absolute atomic E-state index is 0.153. The number of carbonyl (C=O) groups is 1. The average Bonchev–Trinajstić information content (AvgIpc) is 3.19. The zero-order chi connectivity index (χ0) is 15.5. The van der Waals surface area contributed by atoms with E-state index in [1.807, 2.05) is 0 Å². The molecule has 0 spiro atoms. The maximum absolute atomic E-state index is 12.0. The molecule has 10 nitrogen and oxygen atoms in total. The lowest BCUT2D eigenvalue weighted by molar-refractivity contribution is -0.402. The highest BCUT2D eigenvalue weighted by molar-refractivity contribution is 6.02. The lowest BCUT2D eigenvalue weighted by atomic mass is 10.2. The predicted molar refractivity (Wildman–Crippen MR) is 72.5 cm³/mol. The minimum atomic E-state index is -0.713. The molecule has 2 aromatic heterocycles. The van der Waals surface area contributed by atoms with Crippen molar-refractivity contribution in [3.8, 4) is 5.69 Å². The number of nitrogens with one attached hydrogen (secondary N) is 1. The number of carbonyl (C=O) groups excluding carboxylic acids is 1. The van der Waals surface area contributed by atoms with Gasteiger partial charge in [-0.1, -0.05) is 6.07 Å². The highest BCUT2D eigenvalue weighted by Gasteiger charge is 2.17. The molecular weight excluding hydrogens is 292 g/mol. The van der Waals surface area contributed by atoms with Crippen molar-refractivity contribution in [3.05, 3.63) is 58.6 Å². The molecule has 0 unspecified atom stereocenters. The quantitative estimate of drug-likeness (QED) is 0.569. The Hall–Kier alpha value is -3.56. The Bertz CT molecular complexity index is 826. The van der Waals surface area contributed by atoms with E-state index >= 15 is 0 Å². The van der Waals surface area contributed by atoms with E-state index in [4.69, 9.17) is 4.42 Å². The van der Waals surface area contributed by atoms with Crippen molar-refractivity contribution in [2.75, 3.05) is 5.32 Å². The van der Waals surface area contributed by atoms with Crippen LogP contribution in [0.1, 0.15) is 10.6 Å². The van der Waals surface area contributed by atoms with Crippen LogP contribution >= 0.6 is 0 Å². The number of anilines is 1. The molecule has 110 valence electrons. The Balaban J connectivity index is 1.79. The maximum Gasteiger partial charge on any atom is 0.433 e. The highest BCUT2D eigenvalue weighted by atomic mass is 16.6. The van der Waals surface area contributed by atoms with Gasteiger partial charge in [0.15, 0.2) is 5.76 Å². The summed E-state index contributed by atoms with van der Waals surface area (Å²) >= 11 is 0. The van der Waals surface area contributed by atoms with Gasteiger partial charge in [-0.05, 0) is 34.7 Å². The molecule has 0 aliphatic carbocycles. The van der Waals surface area contributed by atoms with Crippen molar-refractivity contribution in [3.63, 3.8) is 0 Å². The second kappa shape index (κ2) is 5.44. The number of nitrogens with zero attached hydrogens (tertiary/aromatic N) is 5.